The van der Waals surface area contributed by atoms with Gasteiger partial charge in [0.25, 0.3) is 0 Å². The molecule has 2 unspecified atom stereocenters. The van der Waals surface area contributed by atoms with E-state index in [2.05, 4.69) is 26.3 Å². The van der Waals surface area contributed by atoms with Gasteiger partial charge in [0, 0.05) is 39.8 Å². The lowest BCUT2D eigenvalue weighted by atomic mass is 9.93. The van der Waals surface area contributed by atoms with Crippen LogP contribution in [0.1, 0.15) is 72.6 Å². The molecule has 1 heterocycles. The van der Waals surface area contributed by atoms with Crippen LogP contribution in [-0.4, -0.2) is 73.9 Å². The maximum Gasteiger partial charge on any atom is 0.333 e. The van der Waals surface area contributed by atoms with Crippen LogP contribution < -0.4 is 0 Å². The van der Waals surface area contributed by atoms with Crippen LogP contribution in [0.2, 0.25) is 0 Å². The van der Waals surface area contributed by atoms with Crippen LogP contribution in [0.3, 0.4) is 0 Å². The molecule has 0 radical (unpaired) electrons. The molecule has 0 saturated carbocycles. The maximum absolute atomic E-state index is 12.2. The minimum atomic E-state index is -0.815. The standard InChI is InChI=1S/C31H48O8P2/c1-23(2)27(32)36-16-14-31(15-17-37-28(33)24(3)4)13-11-9-10-12-20-40(21-18-38-29(34)25(5)6)41(31)22-19-39-30(35)26(7)8/h1,3,5,7,9-22H2,2,4,6,8H3. The zero-order chi connectivity index (χ0) is 31.0. The largest absolute Gasteiger partial charge is 0.462 e. The fourth-order valence-corrected chi connectivity index (χ4v) is 14.8. The van der Waals surface area contributed by atoms with Crippen LogP contribution in [-0.2, 0) is 38.1 Å². The molecule has 0 aromatic heterocycles. The lowest BCUT2D eigenvalue weighted by Gasteiger charge is -2.45. The summed E-state index contributed by atoms with van der Waals surface area (Å²) in [5.41, 5.74) is 1.36. The predicted molar refractivity (Wildman–Crippen MR) is 167 cm³/mol. The molecule has 1 aliphatic heterocycles. The van der Waals surface area contributed by atoms with Crippen LogP contribution in [0.4, 0.5) is 0 Å². The summed E-state index contributed by atoms with van der Waals surface area (Å²) in [5, 5.41) is -0.302. The summed E-state index contributed by atoms with van der Waals surface area (Å²) in [6, 6.07) is 0. The zero-order valence-corrected chi connectivity index (χ0v) is 27.2. The lowest BCUT2D eigenvalue weighted by molar-refractivity contribution is -0.140. The number of rotatable bonds is 16. The summed E-state index contributed by atoms with van der Waals surface area (Å²) in [4.78, 5) is 48.8. The van der Waals surface area contributed by atoms with Gasteiger partial charge in [0.05, 0.1) is 26.4 Å². The van der Waals surface area contributed by atoms with Crippen molar-refractivity contribution in [1.82, 2.24) is 0 Å². The summed E-state index contributed by atoms with van der Waals surface area (Å²) in [5.74, 6) is -1.72. The molecule has 230 valence electrons. The molecule has 0 aromatic carbocycles. The van der Waals surface area contributed by atoms with Crippen LogP contribution in [0.5, 0.6) is 0 Å². The average molecular weight is 611 g/mol. The highest BCUT2D eigenvalue weighted by atomic mass is 32.1. The van der Waals surface area contributed by atoms with Crippen molar-refractivity contribution in [2.24, 2.45) is 0 Å². The first-order valence-electron chi connectivity index (χ1n) is 14.1. The van der Waals surface area contributed by atoms with Crippen molar-refractivity contribution in [3.8, 4) is 0 Å². The van der Waals surface area contributed by atoms with Crippen molar-refractivity contribution in [3.05, 3.63) is 48.6 Å². The molecular formula is C31H48O8P2. The van der Waals surface area contributed by atoms with Gasteiger partial charge < -0.3 is 18.9 Å². The SMILES string of the molecule is C=C(C)C(=O)OCCP1CCCCCCC(CCOC(=O)C(=C)C)(CCOC(=O)C(=C)C)P1CCOC(=O)C(=C)C. The summed E-state index contributed by atoms with van der Waals surface area (Å²) >= 11 is 0. The molecule has 0 spiro atoms. The van der Waals surface area contributed by atoms with Crippen molar-refractivity contribution < 1.29 is 38.1 Å². The molecule has 41 heavy (non-hydrogen) atoms. The second kappa shape index (κ2) is 19.0. The number of hydrogen-bond donors (Lipinski definition) is 0. The van der Waals surface area contributed by atoms with Gasteiger partial charge in [-0.15, -0.1) is 0 Å². The molecule has 2 atom stereocenters. The highest BCUT2D eigenvalue weighted by Gasteiger charge is 2.42. The van der Waals surface area contributed by atoms with E-state index in [-0.39, 0.29) is 31.6 Å². The first kappa shape index (κ1) is 36.7. The number of carbonyl (C=O) groups is 4. The van der Waals surface area contributed by atoms with Crippen molar-refractivity contribution in [3.63, 3.8) is 0 Å². The quantitative estimate of drug-likeness (QED) is 0.0811. The van der Waals surface area contributed by atoms with Gasteiger partial charge in [-0.1, -0.05) is 60.8 Å². The van der Waals surface area contributed by atoms with Gasteiger partial charge in [0.2, 0.25) is 0 Å². The lowest BCUT2D eigenvalue weighted by Crippen LogP contribution is -2.33. The molecule has 0 N–H and O–H groups in total. The van der Waals surface area contributed by atoms with Crippen molar-refractivity contribution >= 4 is 39.1 Å². The van der Waals surface area contributed by atoms with Crippen molar-refractivity contribution in [2.75, 3.05) is 44.9 Å². The van der Waals surface area contributed by atoms with Gasteiger partial charge in [0.1, 0.15) is 0 Å². The van der Waals surface area contributed by atoms with Crippen LogP contribution >= 0.6 is 15.2 Å². The van der Waals surface area contributed by atoms with E-state index in [1.807, 2.05) is 0 Å². The second-order valence-electron chi connectivity index (χ2n) is 10.6. The molecule has 8 nitrogen and oxygen atoms in total. The van der Waals surface area contributed by atoms with Gasteiger partial charge >= 0.3 is 23.9 Å². The van der Waals surface area contributed by atoms with Gasteiger partial charge in [-0.2, -0.15) is 0 Å². The summed E-state index contributed by atoms with van der Waals surface area (Å²) < 4.78 is 22.2. The first-order valence-corrected chi connectivity index (χ1v) is 18.1. The fourth-order valence-electron chi connectivity index (χ4n) is 4.52. The monoisotopic (exact) mass is 610 g/mol. The highest BCUT2D eigenvalue weighted by molar-refractivity contribution is 8.30. The van der Waals surface area contributed by atoms with Crippen LogP contribution in [0, 0.1) is 0 Å². The number of esters is 4. The second-order valence-corrected chi connectivity index (χ2v) is 17.9. The molecule has 10 heteroatoms. The predicted octanol–water partition coefficient (Wildman–Crippen LogP) is 6.83. The molecule has 1 fully saturated rings. The molecule has 1 aliphatic rings. The van der Waals surface area contributed by atoms with Crippen LogP contribution in [0.25, 0.3) is 0 Å². The van der Waals surface area contributed by atoms with Gasteiger partial charge in [-0.25, -0.2) is 19.2 Å². The minimum absolute atomic E-state index is 0.207. The van der Waals surface area contributed by atoms with Gasteiger partial charge in [-0.3, -0.25) is 0 Å². The normalized spacial score (nSPS) is 18.4. The van der Waals surface area contributed by atoms with E-state index in [0.29, 0.717) is 47.5 Å². The third-order valence-corrected chi connectivity index (χ3v) is 16.5. The van der Waals surface area contributed by atoms with E-state index in [9.17, 15) is 19.2 Å². The van der Waals surface area contributed by atoms with E-state index in [1.54, 1.807) is 27.7 Å². The van der Waals surface area contributed by atoms with Gasteiger partial charge in [-0.05, 0) is 59.5 Å². The van der Waals surface area contributed by atoms with E-state index < -0.39 is 39.1 Å². The Kier molecular flexibility index (Phi) is 17.0. The molecule has 0 bridgehead atoms. The molecule has 1 saturated heterocycles. The summed E-state index contributed by atoms with van der Waals surface area (Å²) in [6.07, 6.45) is 8.62. The van der Waals surface area contributed by atoms with E-state index >= 15 is 0 Å². The average Bonchev–Trinajstić information content (AvgIpc) is 2.98. The van der Waals surface area contributed by atoms with Crippen LogP contribution in [0.15, 0.2) is 48.6 Å². The topological polar surface area (TPSA) is 105 Å². The van der Waals surface area contributed by atoms with Crippen molar-refractivity contribution in [1.29, 1.82) is 0 Å². The third kappa shape index (κ3) is 13.5. The molecular weight excluding hydrogens is 562 g/mol. The molecule has 0 aliphatic carbocycles. The van der Waals surface area contributed by atoms with E-state index in [4.69, 9.17) is 18.9 Å². The number of carbonyl (C=O) groups excluding carboxylic acids is 4. The van der Waals surface area contributed by atoms with E-state index in [0.717, 1.165) is 38.3 Å². The Morgan fingerprint density at radius 3 is 1.41 bits per heavy atom. The number of ether oxygens (including phenoxy) is 4. The fraction of sp³-hybridized carbons (Fsp3) is 0.613. The molecule has 0 amide bonds. The number of hydrogen-bond acceptors (Lipinski definition) is 8. The minimum Gasteiger partial charge on any atom is -0.462 e. The molecule has 1 rings (SSSR count). The molecule has 0 aromatic rings. The maximum atomic E-state index is 12.2. The Labute approximate surface area is 248 Å². The Morgan fingerprint density at radius 1 is 0.585 bits per heavy atom. The zero-order valence-electron chi connectivity index (χ0n) is 25.4. The first-order chi connectivity index (χ1) is 19.3. The van der Waals surface area contributed by atoms with Gasteiger partial charge in [0.15, 0.2) is 0 Å². The van der Waals surface area contributed by atoms with E-state index in [1.165, 1.54) is 0 Å². The summed E-state index contributed by atoms with van der Waals surface area (Å²) in [6.45, 7) is 22.1. The smallest absolute Gasteiger partial charge is 0.333 e. The third-order valence-electron chi connectivity index (χ3n) is 6.81. The van der Waals surface area contributed by atoms with Crippen molar-refractivity contribution in [2.45, 2.75) is 77.8 Å². The highest BCUT2D eigenvalue weighted by Crippen LogP contribution is 2.78. The Hall–Kier alpha value is -2.30. The Bertz CT molecular complexity index is 955. The Balaban J connectivity index is 3.41. The Morgan fingerprint density at radius 2 is 0.976 bits per heavy atom. The summed E-state index contributed by atoms with van der Waals surface area (Å²) in [7, 11) is -1.46.